The molecule has 6 rings (SSSR count). The van der Waals surface area contributed by atoms with Crippen LogP contribution in [-0.4, -0.2) is 121 Å². The maximum absolute atomic E-state index is 14.5. The molecule has 0 aromatic heterocycles. The number of carbonyl (C=O) groups excluding carboxylic acids is 3. The SMILES string of the molecule is CC1CCC(N(C(=O)[C@@H]2CCCO2)[C@H]2C[C@H](C(=O)N3CCN(C)CC3)N(C(=O)[C@@H]3CNC[C@H]3c3ccc(Cl)cc3)C2)CC1. The molecular formula is C33H48ClN5O4. The summed E-state index contributed by atoms with van der Waals surface area (Å²) < 4.78 is 5.90. The van der Waals surface area contributed by atoms with E-state index < -0.39 is 12.1 Å². The summed E-state index contributed by atoms with van der Waals surface area (Å²) in [5, 5.41) is 4.11. The van der Waals surface area contributed by atoms with Gasteiger partial charge in [-0.3, -0.25) is 14.4 Å². The van der Waals surface area contributed by atoms with E-state index in [0.29, 0.717) is 56.7 Å². The molecule has 1 aliphatic carbocycles. The van der Waals surface area contributed by atoms with Crippen molar-refractivity contribution in [2.75, 3.05) is 59.5 Å². The standard InChI is InChI=1S/C33H48ClN5O4/c1-22-5-11-25(12-6-22)39(33(42)30-4-3-17-43-30)26-18-29(32(41)37-15-13-36(2)14-16-37)38(21-26)31(40)28-20-35-19-27(28)23-7-9-24(34)10-8-23/h7-10,22,25-30,35H,3-6,11-21H2,1-2H3/t22?,25?,26-,27-,28+,29+,30-/m0/s1. The Morgan fingerprint density at radius 2 is 1.65 bits per heavy atom. The van der Waals surface area contributed by atoms with Crippen LogP contribution in [0.3, 0.4) is 0 Å². The topological polar surface area (TPSA) is 85.4 Å². The third-order valence-electron chi connectivity index (χ3n) is 10.7. The van der Waals surface area contributed by atoms with Crippen molar-refractivity contribution in [1.82, 2.24) is 24.9 Å². The Kier molecular flexibility index (Phi) is 9.62. The van der Waals surface area contributed by atoms with E-state index in [1.807, 2.05) is 34.1 Å². The smallest absolute Gasteiger partial charge is 0.252 e. The Hall–Kier alpha value is -2.20. The number of hydrogen-bond donors (Lipinski definition) is 1. The van der Waals surface area contributed by atoms with Crippen LogP contribution in [0, 0.1) is 11.8 Å². The van der Waals surface area contributed by atoms with Crippen LogP contribution in [0.2, 0.25) is 5.02 Å². The molecule has 5 atom stereocenters. The van der Waals surface area contributed by atoms with Gasteiger partial charge in [-0.15, -0.1) is 0 Å². The van der Waals surface area contributed by atoms with E-state index in [0.717, 1.165) is 57.2 Å². The lowest BCUT2D eigenvalue weighted by Gasteiger charge is -2.41. The van der Waals surface area contributed by atoms with Gasteiger partial charge in [0.05, 0.1) is 12.0 Å². The summed E-state index contributed by atoms with van der Waals surface area (Å²) in [6, 6.07) is 7.14. The number of likely N-dealkylation sites (tertiary alicyclic amines) is 1. The Morgan fingerprint density at radius 3 is 2.33 bits per heavy atom. The molecule has 1 saturated carbocycles. The van der Waals surface area contributed by atoms with Crippen LogP contribution >= 0.6 is 11.6 Å². The molecule has 236 valence electrons. The van der Waals surface area contributed by atoms with Crippen molar-refractivity contribution >= 4 is 29.3 Å². The predicted molar refractivity (Wildman–Crippen MR) is 166 cm³/mol. The Balaban J connectivity index is 1.28. The molecule has 4 heterocycles. The van der Waals surface area contributed by atoms with Gasteiger partial charge in [0.2, 0.25) is 11.8 Å². The van der Waals surface area contributed by atoms with Crippen LogP contribution in [0.4, 0.5) is 0 Å². The lowest BCUT2D eigenvalue weighted by atomic mass is 9.85. The number of amides is 3. The molecule has 1 N–H and O–H groups in total. The van der Waals surface area contributed by atoms with E-state index in [-0.39, 0.29) is 41.6 Å². The molecule has 1 aromatic carbocycles. The average Bonchev–Trinajstić information content (AvgIpc) is 3.80. The van der Waals surface area contributed by atoms with Crippen molar-refractivity contribution in [2.24, 2.45) is 11.8 Å². The summed E-state index contributed by atoms with van der Waals surface area (Å²) in [4.78, 5) is 50.9. The lowest BCUT2D eigenvalue weighted by molar-refractivity contribution is -0.148. The molecule has 1 aromatic rings. The number of piperazine rings is 1. The van der Waals surface area contributed by atoms with Crippen LogP contribution in [0.1, 0.15) is 63.4 Å². The molecule has 10 heteroatoms. The van der Waals surface area contributed by atoms with Gasteiger partial charge in [-0.25, -0.2) is 0 Å². The molecular weight excluding hydrogens is 566 g/mol. The maximum atomic E-state index is 14.5. The van der Waals surface area contributed by atoms with Crippen LogP contribution in [0.25, 0.3) is 0 Å². The third kappa shape index (κ3) is 6.60. The second-order valence-electron chi connectivity index (χ2n) is 13.6. The summed E-state index contributed by atoms with van der Waals surface area (Å²) in [6.45, 7) is 7.56. The van der Waals surface area contributed by atoms with Crippen molar-refractivity contribution < 1.29 is 19.1 Å². The number of benzene rings is 1. The minimum atomic E-state index is -0.560. The quantitative estimate of drug-likeness (QED) is 0.531. The number of hydrogen-bond acceptors (Lipinski definition) is 6. The van der Waals surface area contributed by atoms with Crippen molar-refractivity contribution in [1.29, 1.82) is 0 Å². The zero-order valence-electron chi connectivity index (χ0n) is 25.8. The number of nitrogens with one attached hydrogen (secondary N) is 1. The molecule has 3 amide bonds. The second-order valence-corrected chi connectivity index (χ2v) is 14.0. The number of likely N-dealkylation sites (N-methyl/N-ethyl adjacent to an activating group) is 1. The number of ether oxygens (including phenoxy) is 1. The first-order valence-electron chi connectivity index (χ1n) is 16.5. The fourth-order valence-corrected chi connectivity index (χ4v) is 8.19. The molecule has 0 radical (unpaired) electrons. The van der Waals surface area contributed by atoms with E-state index in [2.05, 4.69) is 29.1 Å². The molecule has 4 saturated heterocycles. The summed E-state index contributed by atoms with van der Waals surface area (Å²) in [6.07, 6.45) is 5.83. The second kappa shape index (κ2) is 13.4. The van der Waals surface area contributed by atoms with Gasteiger partial charge in [0.25, 0.3) is 5.91 Å². The highest BCUT2D eigenvalue weighted by Gasteiger charge is 2.50. The zero-order chi connectivity index (χ0) is 30.1. The van der Waals surface area contributed by atoms with Gasteiger partial charge in [0, 0.05) is 69.4 Å². The number of halogens is 1. The van der Waals surface area contributed by atoms with Crippen molar-refractivity contribution in [3.05, 3.63) is 34.9 Å². The maximum Gasteiger partial charge on any atom is 0.252 e. The van der Waals surface area contributed by atoms with Gasteiger partial charge in [0.1, 0.15) is 12.1 Å². The van der Waals surface area contributed by atoms with E-state index in [1.54, 1.807) is 0 Å². The highest BCUT2D eigenvalue weighted by Crippen LogP contribution is 2.37. The van der Waals surface area contributed by atoms with Crippen LogP contribution in [0.15, 0.2) is 24.3 Å². The monoisotopic (exact) mass is 613 g/mol. The highest BCUT2D eigenvalue weighted by molar-refractivity contribution is 6.30. The third-order valence-corrected chi connectivity index (χ3v) is 11.0. The predicted octanol–water partition coefficient (Wildman–Crippen LogP) is 2.97. The molecule has 0 bridgehead atoms. The summed E-state index contributed by atoms with van der Waals surface area (Å²) >= 11 is 6.17. The largest absolute Gasteiger partial charge is 0.368 e. The Bertz CT molecular complexity index is 1140. The minimum Gasteiger partial charge on any atom is -0.368 e. The molecule has 43 heavy (non-hydrogen) atoms. The molecule has 0 spiro atoms. The molecule has 5 fully saturated rings. The van der Waals surface area contributed by atoms with Gasteiger partial charge < -0.3 is 29.7 Å². The van der Waals surface area contributed by atoms with E-state index in [1.165, 1.54) is 0 Å². The normalized spacial score (nSPS) is 33.6. The minimum absolute atomic E-state index is 0.00709. The van der Waals surface area contributed by atoms with Crippen LogP contribution < -0.4 is 5.32 Å². The fraction of sp³-hybridized carbons (Fsp3) is 0.727. The molecule has 9 nitrogen and oxygen atoms in total. The Labute approximate surface area is 261 Å². The van der Waals surface area contributed by atoms with E-state index in [4.69, 9.17) is 16.3 Å². The highest BCUT2D eigenvalue weighted by atomic mass is 35.5. The first-order chi connectivity index (χ1) is 20.8. The van der Waals surface area contributed by atoms with Crippen LogP contribution in [-0.2, 0) is 19.1 Å². The van der Waals surface area contributed by atoms with Gasteiger partial charge in [-0.1, -0.05) is 30.7 Å². The van der Waals surface area contributed by atoms with Gasteiger partial charge in [-0.2, -0.15) is 0 Å². The number of carbonyl (C=O) groups is 3. The van der Waals surface area contributed by atoms with Gasteiger partial charge >= 0.3 is 0 Å². The first kappa shape index (κ1) is 30.8. The average molecular weight is 614 g/mol. The fourth-order valence-electron chi connectivity index (χ4n) is 8.06. The Morgan fingerprint density at radius 1 is 0.930 bits per heavy atom. The molecule has 5 aliphatic rings. The molecule has 0 unspecified atom stereocenters. The first-order valence-corrected chi connectivity index (χ1v) is 16.9. The lowest BCUT2D eigenvalue weighted by Crippen LogP contribution is -2.54. The van der Waals surface area contributed by atoms with Crippen molar-refractivity contribution in [2.45, 2.75) is 82.0 Å². The van der Waals surface area contributed by atoms with Crippen molar-refractivity contribution in [3.8, 4) is 0 Å². The number of rotatable bonds is 6. The molecule has 4 aliphatic heterocycles. The van der Waals surface area contributed by atoms with Crippen molar-refractivity contribution in [3.63, 3.8) is 0 Å². The summed E-state index contributed by atoms with van der Waals surface area (Å²) in [5.41, 5.74) is 1.08. The van der Waals surface area contributed by atoms with E-state index in [9.17, 15) is 14.4 Å². The number of nitrogens with zero attached hydrogens (tertiary/aromatic N) is 4. The van der Waals surface area contributed by atoms with Crippen LogP contribution in [0.5, 0.6) is 0 Å². The van der Waals surface area contributed by atoms with Gasteiger partial charge in [-0.05, 0) is 75.6 Å². The summed E-state index contributed by atoms with van der Waals surface area (Å²) in [5.74, 6) is 0.488. The van der Waals surface area contributed by atoms with Gasteiger partial charge in [0.15, 0.2) is 0 Å². The zero-order valence-corrected chi connectivity index (χ0v) is 26.5. The summed E-state index contributed by atoms with van der Waals surface area (Å²) in [7, 11) is 2.08. The van der Waals surface area contributed by atoms with E-state index >= 15 is 0 Å².